The summed E-state index contributed by atoms with van der Waals surface area (Å²) in [6.45, 7) is 6.67. The lowest BCUT2D eigenvalue weighted by molar-refractivity contribution is -0.114. The number of halogens is 1. The molecule has 0 bridgehead atoms. The van der Waals surface area contributed by atoms with Crippen molar-refractivity contribution in [3.05, 3.63) is 54.6 Å². The van der Waals surface area contributed by atoms with Crippen LogP contribution in [0.1, 0.15) is 20.3 Å². The Bertz CT molecular complexity index is 772. The second kappa shape index (κ2) is 15.4. The molecule has 2 aromatic carbocycles. The third-order valence-corrected chi connectivity index (χ3v) is 3.75. The molecular weight excluding hydrogens is 495 g/mol. The van der Waals surface area contributed by atoms with Gasteiger partial charge in [0.25, 0.3) is 0 Å². The van der Waals surface area contributed by atoms with Crippen molar-refractivity contribution in [1.82, 2.24) is 10.6 Å². The molecule has 0 aliphatic carbocycles. The fourth-order valence-electron chi connectivity index (χ4n) is 2.51. The molecule has 0 aromatic heterocycles. The first-order chi connectivity index (χ1) is 14.2. The van der Waals surface area contributed by atoms with Gasteiger partial charge in [-0.2, -0.15) is 0 Å². The predicted molar refractivity (Wildman–Crippen MR) is 132 cm³/mol. The molecule has 0 saturated heterocycles. The number of hydrogen-bond donors (Lipinski definition) is 3. The summed E-state index contributed by atoms with van der Waals surface area (Å²) in [7, 11) is 0. The van der Waals surface area contributed by atoms with Crippen LogP contribution >= 0.6 is 24.0 Å². The lowest BCUT2D eigenvalue weighted by Gasteiger charge is -2.13. The highest BCUT2D eigenvalue weighted by Crippen LogP contribution is 2.17. The van der Waals surface area contributed by atoms with Gasteiger partial charge in [0.1, 0.15) is 18.1 Å². The molecular formula is C22H31IN4O3. The lowest BCUT2D eigenvalue weighted by atomic mass is 10.3. The maximum absolute atomic E-state index is 11.1. The minimum absolute atomic E-state index is 0. The van der Waals surface area contributed by atoms with Crippen molar-refractivity contribution in [2.75, 3.05) is 38.2 Å². The number of carbonyl (C=O) groups is 1. The van der Waals surface area contributed by atoms with Gasteiger partial charge in [-0.1, -0.05) is 24.3 Å². The molecule has 30 heavy (non-hydrogen) atoms. The number of rotatable bonds is 11. The van der Waals surface area contributed by atoms with E-state index in [1.165, 1.54) is 6.92 Å². The lowest BCUT2D eigenvalue weighted by Crippen LogP contribution is -2.39. The van der Waals surface area contributed by atoms with E-state index in [0.29, 0.717) is 32.1 Å². The second-order valence-corrected chi connectivity index (χ2v) is 6.26. The number of amides is 1. The van der Waals surface area contributed by atoms with Crippen molar-refractivity contribution in [2.45, 2.75) is 20.3 Å². The van der Waals surface area contributed by atoms with Gasteiger partial charge >= 0.3 is 0 Å². The molecule has 0 heterocycles. The number of carbonyl (C=O) groups excluding carboxylic acids is 1. The summed E-state index contributed by atoms with van der Waals surface area (Å²) in [5.74, 6) is 2.23. The molecule has 0 aliphatic rings. The van der Waals surface area contributed by atoms with Crippen LogP contribution in [0.3, 0.4) is 0 Å². The number of guanidine groups is 1. The van der Waals surface area contributed by atoms with Crippen LogP contribution in [0.15, 0.2) is 59.6 Å². The van der Waals surface area contributed by atoms with Crippen LogP contribution in [0.2, 0.25) is 0 Å². The number of anilines is 1. The number of nitrogens with zero attached hydrogens (tertiary/aromatic N) is 1. The van der Waals surface area contributed by atoms with Crippen LogP contribution in [0, 0.1) is 0 Å². The van der Waals surface area contributed by atoms with Gasteiger partial charge in [-0.3, -0.25) is 9.79 Å². The van der Waals surface area contributed by atoms with Crippen molar-refractivity contribution < 1.29 is 14.3 Å². The summed E-state index contributed by atoms with van der Waals surface area (Å²) in [6, 6.07) is 17.1. The van der Waals surface area contributed by atoms with Crippen LogP contribution in [0.5, 0.6) is 11.5 Å². The van der Waals surface area contributed by atoms with E-state index in [9.17, 15) is 4.79 Å². The molecule has 0 fully saturated rings. The molecule has 164 valence electrons. The van der Waals surface area contributed by atoms with E-state index in [1.807, 2.05) is 55.5 Å². The van der Waals surface area contributed by atoms with Gasteiger partial charge in [0, 0.05) is 38.2 Å². The molecule has 0 radical (unpaired) electrons. The number of nitrogens with one attached hydrogen (secondary N) is 3. The van der Waals surface area contributed by atoms with Crippen LogP contribution in [-0.2, 0) is 4.79 Å². The van der Waals surface area contributed by atoms with Crippen LogP contribution in [-0.4, -0.2) is 44.7 Å². The molecule has 8 heteroatoms. The van der Waals surface area contributed by atoms with E-state index in [0.717, 1.165) is 30.4 Å². The van der Waals surface area contributed by atoms with Gasteiger partial charge in [-0.25, -0.2) is 0 Å². The average Bonchev–Trinajstić information content (AvgIpc) is 2.71. The van der Waals surface area contributed by atoms with Gasteiger partial charge in [0.2, 0.25) is 5.91 Å². The highest BCUT2D eigenvalue weighted by Gasteiger charge is 2.00. The van der Waals surface area contributed by atoms with Crippen LogP contribution in [0.25, 0.3) is 0 Å². The molecule has 0 atom stereocenters. The van der Waals surface area contributed by atoms with Crippen molar-refractivity contribution in [1.29, 1.82) is 0 Å². The van der Waals surface area contributed by atoms with Gasteiger partial charge in [-0.15, -0.1) is 24.0 Å². The maximum Gasteiger partial charge on any atom is 0.221 e. The van der Waals surface area contributed by atoms with E-state index < -0.39 is 0 Å². The molecule has 1 amide bonds. The summed E-state index contributed by atoms with van der Waals surface area (Å²) in [5.41, 5.74) is 0.718. The Balaban J connectivity index is 0.00000450. The van der Waals surface area contributed by atoms with Gasteiger partial charge in [-0.05, 0) is 31.2 Å². The third kappa shape index (κ3) is 10.9. The molecule has 2 aromatic rings. The minimum Gasteiger partial charge on any atom is -0.494 e. The number of aliphatic imine (C=N–C) groups is 1. The van der Waals surface area contributed by atoms with Gasteiger partial charge < -0.3 is 25.4 Å². The Hall–Kier alpha value is -2.49. The molecule has 0 saturated carbocycles. The summed E-state index contributed by atoms with van der Waals surface area (Å²) >= 11 is 0. The second-order valence-electron chi connectivity index (χ2n) is 6.26. The topological polar surface area (TPSA) is 84.0 Å². The summed E-state index contributed by atoms with van der Waals surface area (Å²) in [6.07, 6.45) is 0.831. The fraction of sp³-hybridized carbons (Fsp3) is 0.364. The third-order valence-electron chi connectivity index (χ3n) is 3.75. The van der Waals surface area contributed by atoms with E-state index in [-0.39, 0.29) is 29.9 Å². The Morgan fingerprint density at radius 3 is 2.43 bits per heavy atom. The maximum atomic E-state index is 11.1. The Kier molecular flexibility index (Phi) is 13.1. The summed E-state index contributed by atoms with van der Waals surface area (Å²) < 4.78 is 11.4. The zero-order valence-corrected chi connectivity index (χ0v) is 19.8. The highest BCUT2D eigenvalue weighted by atomic mass is 127. The molecule has 2 rings (SSSR count). The van der Waals surface area contributed by atoms with Gasteiger partial charge in [0.15, 0.2) is 5.96 Å². The van der Waals surface area contributed by atoms with Crippen LogP contribution in [0.4, 0.5) is 5.69 Å². The fourth-order valence-corrected chi connectivity index (χ4v) is 2.51. The van der Waals surface area contributed by atoms with Gasteiger partial charge in [0.05, 0.1) is 13.2 Å². The standard InChI is InChI=1S/C22H30N4O3.HI/c1-3-23-22(24-13-8-15-28-20-10-5-4-6-11-20)25-14-16-29-21-12-7-9-19(17-21)26-18(2)27;/h4-7,9-12,17H,3,8,13-16H2,1-2H3,(H,26,27)(H2,23,24,25);1H. The monoisotopic (exact) mass is 526 g/mol. The van der Waals surface area contributed by atoms with Crippen molar-refractivity contribution in [2.24, 2.45) is 4.99 Å². The largest absolute Gasteiger partial charge is 0.494 e. The summed E-state index contributed by atoms with van der Waals surface area (Å²) in [5, 5.41) is 9.21. The minimum atomic E-state index is -0.107. The first-order valence-corrected chi connectivity index (χ1v) is 9.88. The molecule has 0 aliphatic heterocycles. The van der Waals surface area contributed by atoms with Crippen molar-refractivity contribution >= 4 is 41.5 Å². The van der Waals surface area contributed by atoms with Crippen LogP contribution < -0.4 is 25.4 Å². The molecule has 7 nitrogen and oxygen atoms in total. The predicted octanol–water partition coefficient (Wildman–Crippen LogP) is 3.67. The van der Waals surface area contributed by atoms with Crippen molar-refractivity contribution in [3.63, 3.8) is 0 Å². The number of hydrogen-bond acceptors (Lipinski definition) is 4. The number of ether oxygens (including phenoxy) is 2. The normalized spacial score (nSPS) is 10.5. The first kappa shape index (κ1) is 25.5. The van der Waals surface area contributed by atoms with E-state index in [1.54, 1.807) is 6.07 Å². The smallest absolute Gasteiger partial charge is 0.221 e. The van der Waals surface area contributed by atoms with E-state index in [4.69, 9.17) is 9.47 Å². The zero-order chi connectivity index (χ0) is 20.7. The molecule has 3 N–H and O–H groups in total. The molecule has 0 spiro atoms. The number of para-hydroxylation sites is 1. The Labute approximate surface area is 195 Å². The highest BCUT2D eigenvalue weighted by molar-refractivity contribution is 14.0. The first-order valence-electron chi connectivity index (χ1n) is 9.88. The SMILES string of the molecule is CCNC(=NCCCOc1ccccc1)NCCOc1cccc(NC(C)=O)c1.I. The van der Waals surface area contributed by atoms with Crippen molar-refractivity contribution in [3.8, 4) is 11.5 Å². The average molecular weight is 526 g/mol. The quantitative estimate of drug-likeness (QED) is 0.180. The Morgan fingerprint density at radius 2 is 1.70 bits per heavy atom. The molecule has 0 unspecified atom stereocenters. The zero-order valence-electron chi connectivity index (χ0n) is 17.5. The summed E-state index contributed by atoms with van der Waals surface area (Å²) in [4.78, 5) is 15.7. The van der Waals surface area contributed by atoms with E-state index >= 15 is 0 Å². The Morgan fingerprint density at radius 1 is 0.967 bits per heavy atom. The van der Waals surface area contributed by atoms with E-state index in [2.05, 4.69) is 20.9 Å². The number of benzene rings is 2.